The van der Waals surface area contributed by atoms with Gasteiger partial charge < -0.3 is 5.73 Å². The minimum Gasteiger partial charge on any atom is -0.398 e. The second-order valence-electron chi connectivity index (χ2n) is 3.95. The van der Waals surface area contributed by atoms with Gasteiger partial charge in [0.15, 0.2) is 0 Å². The van der Waals surface area contributed by atoms with Crippen LogP contribution >= 0.6 is 23.4 Å². The zero-order chi connectivity index (χ0) is 14.7. The van der Waals surface area contributed by atoms with Crippen LogP contribution in [0.2, 0.25) is 5.02 Å². The molecule has 0 amide bonds. The van der Waals surface area contributed by atoms with Crippen molar-refractivity contribution in [2.75, 3.05) is 5.73 Å². The molecule has 0 saturated heterocycles. The molecule has 2 aromatic rings. The third-order valence-corrected chi connectivity index (χ3v) is 4.25. The van der Waals surface area contributed by atoms with E-state index in [2.05, 4.69) is 0 Å². The van der Waals surface area contributed by atoms with Gasteiger partial charge in [0.25, 0.3) is 0 Å². The Morgan fingerprint density at radius 2 is 2.00 bits per heavy atom. The van der Waals surface area contributed by atoms with Gasteiger partial charge in [0.05, 0.1) is 9.95 Å². The Hall–Kier alpha value is -1.79. The van der Waals surface area contributed by atoms with Crippen molar-refractivity contribution in [1.82, 2.24) is 0 Å². The molecule has 0 unspecified atom stereocenters. The van der Waals surface area contributed by atoms with E-state index in [0.29, 0.717) is 15.6 Å². The van der Waals surface area contributed by atoms with E-state index in [0.717, 1.165) is 6.07 Å². The van der Waals surface area contributed by atoms with Crippen LogP contribution in [0.3, 0.4) is 0 Å². The summed E-state index contributed by atoms with van der Waals surface area (Å²) in [5.41, 5.74) is 6.00. The van der Waals surface area contributed by atoms with E-state index < -0.39 is 16.4 Å². The number of anilines is 1. The summed E-state index contributed by atoms with van der Waals surface area (Å²) >= 11 is 7.26. The van der Waals surface area contributed by atoms with Crippen LogP contribution in [0, 0.1) is 15.9 Å². The molecular formula is C13H10ClFN2O2S. The largest absolute Gasteiger partial charge is 0.398 e. The molecule has 4 nitrogen and oxygen atoms in total. The quantitative estimate of drug-likeness (QED) is 0.396. The molecule has 0 aliphatic rings. The molecule has 104 valence electrons. The standard InChI is InChI=1S/C13H10ClFN2O2S/c14-9-4-2-5-10(16)13(9)20-7-8-3-1-6-11(12(8)15)17(18)19/h1-6H,7,16H2. The van der Waals surface area contributed by atoms with Crippen molar-refractivity contribution in [1.29, 1.82) is 0 Å². The van der Waals surface area contributed by atoms with Gasteiger partial charge in [-0.3, -0.25) is 10.1 Å². The molecule has 7 heteroatoms. The summed E-state index contributed by atoms with van der Waals surface area (Å²) in [4.78, 5) is 10.6. The number of rotatable bonds is 4. The summed E-state index contributed by atoms with van der Waals surface area (Å²) in [6.07, 6.45) is 0. The first-order chi connectivity index (χ1) is 9.50. The van der Waals surface area contributed by atoms with E-state index in [1.807, 2.05) is 0 Å². The number of nitro benzene ring substituents is 1. The highest BCUT2D eigenvalue weighted by Crippen LogP contribution is 2.35. The summed E-state index contributed by atoms with van der Waals surface area (Å²) in [5.74, 6) is -0.614. The molecule has 0 heterocycles. The Morgan fingerprint density at radius 3 is 2.65 bits per heavy atom. The number of nitrogen functional groups attached to an aromatic ring is 1. The number of hydrogen-bond acceptors (Lipinski definition) is 4. The Kier molecular flexibility index (Phi) is 4.46. The number of nitrogens with zero attached hydrogens (tertiary/aromatic N) is 1. The second-order valence-corrected chi connectivity index (χ2v) is 5.35. The van der Waals surface area contributed by atoms with Gasteiger partial charge in [0, 0.05) is 28.0 Å². The molecule has 20 heavy (non-hydrogen) atoms. The molecule has 0 spiro atoms. The van der Waals surface area contributed by atoms with E-state index in [1.54, 1.807) is 18.2 Å². The predicted molar refractivity (Wildman–Crippen MR) is 78.5 cm³/mol. The van der Waals surface area contributed by atoms with Crippen molar-refractivity contribution in [3.8, 4) is 0 Å². The number of nitro groups is 1. The molecule has 0 bridgehead atoms. The van der Waals surface area contributed by atoms with Gasteiger partial charge in [0.1, 0.15) is 0 Å². The number of hydrogen-bond donors (Lipinski definition) is 1. The van der Waals surface area contributed by atoms with Crippen molar-refractivity contribution < 1.29 is 9.31 Å². The Balaban J connectivity index is 2.24. The molecular weight excluding hydrogens is 303 g/mol. The monoisotopic (exact) mass is 312 g/mol. The fourth-order valence-corrected chi connectivity index (χ4v) is 2.96. The Labute approximate surface area is 123 Å². The van der Waals surface area contributed by atoms with E-state index >= 15 is 0 Å². The minimum atomic E-state index is -0.823. The van der Waals surface area contributed by atoms with Crippen LogP contribution in [0.15, 0.2) is 41.3 Å². The lowest BCUT2D eigenvalue weighted by atomic mass is 10.2. The van der Waals surface area contributed by atoms with Crippen LogP contribution in [0.1, 0.15) is 5.56 Å². The molecule has 0 fully saturated rings. The molecule has 0 aliphatic carbocycles. The van der Waals surface area contributed by atoms with Crippen LogP contribution in [0.5, 0.6) is 0 Å². The van der Waals surface area contributed by atoms with Crippen molar-refractivity contribution in [2.45, 2.75) is 10.6 Å². The average molecular weight is 313 g/mol. The smallest absolute Gasteiger partial charge is 0.305 e. The highest BCUT2D eigenvalue weighted by atomic mass is 35.5. The first kappa shape index (κ1) is 14.6. The van der Waals surface area contributed by atoms with Crippen LogP contribution in [0.4, 0.5) is 15.8 Å². The van der Waals surface area contributed by atoms with Crippen molar-refractivity contribution in [3.63, 3.8) is 0 Å². The summed E-state index contributed by atoms with van der Waals surface area (Å²) < 4.78 is 13.9. The maximum Gasteiger partial charge on any atom is 0.305 e. The second kappa shape index (κ2) is 6.11. The molecule has 0 aliphatic heterocycles. The highest BCUT2D eigenvalue weighted by molar-refractivity contribution is 7.98. The molecule has 0 radical (unpaired) electrons. The summed E-state index contributed by atoms with van der Waals surface area (Å²) in [6.45, 7) is 0. The van der Waals surface area contributed by atoms with Gasteiger partial charge in [-0.2, -0.15) is 4.39 Å². The normalized spacial score (nSPS) is 10.5. The third kappa shape index (κ3) is 3.02. The minimum absolute atomic E-state index is 0.210. The zero-order valence-corrected chi connectivity index (χ0v) is 11.7. The fourth-order valence-electron chi connectivity index (χ4n) is 1.65. The first-order valence-electron chi connectivity index (χ1n) is 5.59. The average Bonchev–Trinajstić information content (AvgIpc) is 2.39. The lowest BCUT2D eigenvalue weighted by molar-refractivity contribution is -0.387. The zero-order valence-electron chi connectivity index (χ0n) is 10.2. The maximum absolute atomic E-state index is 13.9. The fraction of sp³-hybridized carbons (Fsp3) is 0.0769. The summed E-state index contributed by atoms with van der Waals surface area (Å²) in [5, 5.41) is 11.1. The van der Waals surface area contributed by atoms with E-state index in [4.69, 9.17) is 17.3 Å². The molecule has 0 atom stereocenters. The van der Waals surface area contributed by atoms with Gasteiger partial charge in [-0.25, -0.2) is 0 Å². The van der Waals surface area contributed by atoms with Gasteiger partial charge in [0.2, 0.25) is 5.82 Å². The molecule has 2 aromatic carbocycles. The third-order valence-electron chi connectivity index (χ3n) is 2.62. The highest BCUT2D eigenvalue weighted by Gasteiger charge is 2.17. The number of thioether (sulfide) groups is 1. The lowest BCUT2D eigenvalue weighted by Gasteiger charge is -2.08. The van der Waals surface area contributed by atoms with Crippen molar-refractivity contribution in [2.24, 2.45) is 0 Å². The van der Waals surface area contributed by atoms with Crippen LogP contribution in [-0.2, 0) is 5.75 Å². The van der Waals surface area contributed by atoms with E-state index in [9.17, 15) is 14.5 Å². The van der Waals surface area contributed by atoms with Crippen LogP contribution in [-0.4, -0.2) is 4.92 Å². The Morgan fingerprint density at radius 1 is 1.30 bits per heavy atom. The number of nitrogens with two attached hydrogens (primary N) is 1. The topological polar surface area (TPSA) is 69.2 Å². The number of halogens is 2. The Bertz CT molecular complexity index is 647. The van der Waals surface area contributed by atoms with Gasteiger partial charge >= 0.3 is 5.69 Å². The predicted octanol–water partition coefficient (Wildman–Crippen LogP) is 4.26. The van der Waals surface area contributed by atoms with Crippen LogP contribution in [0.25, 0.3) is 0 Å². The van der Waals surface area contributed by atoms with Crippen LogP contribution < -0.4 is 5.73 Å². The molecule has 0 saturated carbocycles. The maximum atomic E-state index is 13.9. The summed E-state index contributed by atoms with van der Waals surface area (Å²) in [6, 6.07) is 9.18. The SMILES string of the molecule is Nc1cccc(Cl)c1SCc1cccc([N+](=O)[O-])c1F. The summed E-state index contributed by atoms with van der Waals surface area (Å²) in [7, 11) is 0. The van der Waals surface area contributed by atoms with Crippen molar-refractivity contribution >= 4 is 34.7 Å². The van der Waals surface area contributed by atoms with Gasteiger partial charge in [-0.05, 0) is 12.1 Å². The molecule has 2 rings (SSSR count). The lowest BCUT2D eigenvalue weighted by Crippen LogP contribution is -1.97. The molecule has 0 aromatic heterocycles. The first-order valence-corrected chi connectivity index (χ1v) is 6.95. The van der Waals surface area contributed by atoms with E-state index in [1.165, 1.54) is 23.9 Å². The molecule has 2 N–H and O–H groups in total. The number of benzene rings is 2. The van der Waals surface area contributed by atoms with Gasteiger partial charge in [-0.15, -0.1) is 11.8 Å². The van der Waals surface area contributed by atoms with Crippen molar-refractivity contribution in [3.05, 3.63) is 62.9 Å². The van der Waals surface area contributed by atoms with Gasteiger partial charge in [-0.1, -0.05) is 29.8 Å². The van der Waals surface area contributed by atoms with E-state index in [-0.39, 0.29) is 11.3 Å².